The molecule has 1 N–H and O–H groups in total. The van der Waals surface area contributed by atoms with E-state index in [-0.39, 0.29) is 11.0 Å². The van der Waals surface area contributed by atoms with E-state index in [0.29, 0.717) is 17.1 Å². The van der Waals surface area contributed by atoms with Gasteiger partial charge in [-0.3, -0.25) is 0 Å². The Bertz CT molecular complexity index is 423. The molecule has 0 radical (unpaired) electrons. The first-order chi connectivity index (χ1) is 9.76. The quantitative estimate of drug-likeness (QED) is 0.746. The molecule has 1 amide bonds. The van der Waals surface area contributed by atoms with Crippen LogP contribution in [0.3, 0.4) is 0 Å². The minimum Gasteiger partial charge on any atom is -0.444 e. The topological polar surface area (TPSA) is 41.6 Å². The third-order valence-corrected chi connectivity index (χ3v) is 6.41. The third kappa shape index (κ3) is 3.34. The zero-order chi connectivity index (χ0) is 15.3. The summed E-state index contributed by atoms with van der Waals surface area (Å²) >= 11 is 2.11. The molecule has 21 heavy (non-hydrogen) atoms. The molecule has 2 heterocycles. The van der Waals surface area contributed by atoms with E-state index < -0.39 is 5.60 Å². The summed E-state index contributed by atoms with van der Waals surface area (Å²) < 4.78 is 5.53. The molecule has 3 fully saturated rings. The molecule has 4 unspecified atom stereocenters. The number of thioether (sulfide) groups is 1. The van der Waals surface area contributed by atoms with Crippen LogP contribution in [0.1, 0.15) is 47.0 Å². The van der Waals surface area contributed by atoms with Crippen LogP contribution in [0.5, 0.6) is 0 Å². The van der Waals surface area contributed by atoms with Crippen molar-refractivity contribution in [1.29, 1.82) is 0 Å². The van der Waals surface area contributed by atoms with E-state index in [9.17, 15) is 4.79 Å². The smallest absolute Gasteiger partial charge is 0.410 e. The monoisotopic (exact) mass is 312 g/mol. The highest BCUT2D eigenvalue weighted by Crippen LogP contribution is 2.49. The highest BCUT2D eigenvalue weighted by atomic mass is 32.2. The Kier molecular flexibility index (Phi) is 3.93. The van der Waals surface area contributed by atoms with Gasteiger partial charge >= 0.3 is 6.09 Å². The number of nitrogens with one attached hydrogen (secondary N) is 1. The minimum absolute atomic E-state index is 0.133. The van der Waals surface area contributed by atoms with E-state index in [1.807, 2.05) is 25.7 Å². The second kappa shape index (κ2) is 5.34. The van der Waals surface area contributed by atoms with E-state index in [1.54, 1.807) is 0 Å². The van der Waals surface area contributed by atoms with Gasteiger partial charge in [0.2, 0.25) is 0 Å². The summed E-state index contributed by atoms with van der Waals surface area (Å²) in [5.74, 6) is 1.30. The molecular weight excluding hydrogens is 284 g/mol. The molecular formula is C16H28N2O2S. The summed E-state index contributed by atoms with van der Waals surface area (Å²) in [7, 11) is 0. The number of ether oxygens (including phenoxy) is 1. The fourth-order valence-corrected chi connectivity index (χ4v) is 5.63. The molecule has 1 saturated carbocycles. The highest BCUT2D eigenvalue weighted by molar-refractivity contribution is 8.01. The van der Waals surface area contributed by atoms with Crippen LogP contribution in [0, 0.1) is 11.8 Å². The maximum atomic E-state index is 12.3. The average Bonchev–Trinajstić information content (AvgIpc) is 2.91. The molecule has 4 nitrogen and oxygen atoms in total. The SMILES string of the molecule is CC1CNC2(CCC3CN(C(=O)OC(C)(C)C)CC3C2)S1. The number of carbonyl (C=O) groups is 1. The van der Waals surface area contributed by atoms with Gasteiger partial charge in [0.05, 0.1) is 4.87 Å². The van der Waals surface area contributed by atoms with Gasteiger partial charge in [-0.05, 0) is 51.9 Å². The maximum absolute atomic E-state index is 12.3. The van der Waals surface area contributed by atoms with Gasteiger partial charge in [-0.2, -0.15) is 0 Å². The lowest BCUT2D eigenvalue weighted by molar-refractivity contribution is 0.0284. The minimum atomic E-state index is -0.398. The molecule has 0 aromatic rings. The molecule has 0 aromatic heterocycles. The molecule has 1 spiro atoms. The van der Waals surface area contributed by atoms with Crippen LogP contribution >= 0.6 is 11.8 Å². The first-order valence-corrected chi connectivity index (χ1v) is 9.05. The predicted molar refractivity (Wildman–Crippen MR) is 86.4 cm³/mol. The van der Waals surface area contributed by atoms with Crippen molar-refractivity contribution < 1.29 is 9.53 Å². The van der Waals surface area contributed by atoms with Crippen molar-refractivity contribution in [3.05, 3.63) is 0 Å². The van der Waals surface area contributed by atoms with Crippen LogP contribution in [-0.4, -0.2) is 46.3 Å². The number of carbonyl (C=O) groups excluding carboxylic acids is 1. The van der Waals surface area contributed by atoms with E-state index >= 15 is 0 Å². The summed E-state index contributed by atoms with van der Waals surface area (Å²) in [5.41, 5.74) is -0.398. The lowest BCUT2D eigenvalue weighted by Crippen LogP contribution is -2.44. The van der Waals surface area contributed by atoms with Gasteiger partial charge in [-0.25, -0.2) is 4.79 Å². The lowest BCUT2D eigenvalue weighted by atomic mass is 9.78. The molecule has 2 saturated heterocycles. The molecule has 0 aromatic carbocycles. The Morgan fingerprint density at radius 3 is 2.67 bits per heavy atom. The molecule has 1 aliphatic carbocycles. The fraction of sp³-hybridized carbons (Fsp3) is 0.938. The van der Waals surface area contributed by atoms with Crippen molar-refractivity contribution in [1.82, 2.24) is 10.2 Å². The van der Waals surface area contributed by atoms with E-state index in [4.69, 9.17) is 4.74 Å². The van der Waals surface area contributed by atoms with Crippen molar-refractivity contribution >= 4 is 17.9 Å². The van der Waals surface area contributed by atoms with Crippen LogP contribution in [-0.2, 0) is 4.74 Å². The van der Waals surface area contributed by atoms with Crippen LogP contribution in [0.4, 0.5) is 4.79 Å². The summed E-state index contributed by atoms with van der Waals surface area (Å²) in [5, 5.41) is 4.46. The van der Waals surface area contributed by atoms with Crippen LogP contribution < -0.4 is 5.32 Å². The van der Waals surface area contributed by atoms with Gasteiger partial charge in [0.1, 0.15) is 5.60 Å². The maximum Gasteiger partial charge on any atom is 0.410 e. The fourth-order valence-electron chi connectivity index (χ4n) is 3.98. The van der Waals surface area contributed by atoms with Crippen molar-refractivity contribution in [2.24, 2.45) is 11.8 Å². The van der Waals surface area contributed by atoms with Crippen molar-refractivity contribution in [2.75, 3.05) is 19.6 Å². The molecule has 5 heteroatoms. The van der Waals surface area contributed by atoms with E-state index in [0.717, 1.165) is 19.6 Å². The summed E-state index contributed by atoms with van der Waals surface area (Å²) in [4.78, 5) is 14.5. The number of rotatable bonds is 0. The number of hydrogen-bond donors (Lipinski definition) is 1. The first-order valence-electron chi connectivity index (χ1n) is 8.17. The summed E-state index contributed by atoms with van der Waals surface area (Å²) in [6.45, 7) is 11.0. The Morgan fingerprint density at radius 1 is 1.33 bits per heavy atom. The average molecular weight is 312 g/mol. The van der Waals surface area contributed by atoms with Crippen LogP contribution in [0.2, 0.25) is 0 Å². The zero-order valence-corrected chi connectivity index (χ0v) is 14.5. The third-order valence-electron chi connectivity index (χ3n) is 4.88. The number of nitrogens with zero attached hydrogens (tertiary/aromatic N) is 1. The molecule has 4 atom stereocenters. The number of hydrogen-bond acceptors (Lipinski definition) is 4. The van der Waals surface area contributed by atoms with Crippen molar-refractivity contribution in [3.8, 4) is 0 Å². The number of likely N-dealkylation sites (tertiary alicyclic amines) is 1. The van der Waals surface area contributed by atoms with Gasteiger partial charge in [0.25, 0.3) is 0 Å². The number of amides is 1. The second-order valence-electron chi connectivity index (χ2n) is 7.95. The van der Waals surface area contributed by atoms with Crippen LogP contribution in [0.25, 0.3) is 0 Å². The molecule has 3 rings (SSSR count). The Labute approximate surface area is 132 Å². The van der Waals surface area contributed by atoms with Crippen molar-refractivity contribution in [3.63, 3.8) is 0 Å². The van der Waals surface area contributed by atoms with Gasteiger partial charge in [0, 0.05) is 24.9 Å². The molecule has 0 bridgehead atoms. The van der Waals surface area contributed by atoms with Gasteiger partial charge in [-0.1, -0.05) is 6.92 Å². The van der Waals surface area contributed by atoms with Gasteiger partial charge < -0.3 is 15.0 Å². The summed E-state index contributed by atoms with van der Waals surface area (Å²) in [6.07, 6.45) is 3.54. The Hall–Kier alpha value is -0.420. The van der Waals surface area contributed by atoms with Gasteiger partial charge in [-0.15, -0.1) is 11.8 Å². The lowest BCUT2D eigenvalue weighted by Gasteiger charge is -2.39. The largest absolute Gasteiger partial charge is 0.444 e. The summed E-state index contributed by atoms with van der Waals surface area (Å²) in [6, 6.07) is 0. The Balaban J connectivity index is 1.60. The van der Waals surface area contributed by atoms with Gasteiger partial charge in [0.15, 0.2) is 0 Å². The first kappa shape index (κ1) is 15.5. The van der Waals surface area contributed by atoms with Crippen LogP contribution in [0.15, 0.2) is 0 Å². The highest BCUT2D eigenvalue weighted by Gasteiger charge is 2.48. The second-order valence-corrected chi connectivity index (χ2v) is 9.77. The normalized spacial score (nSPS) is 39.6. The molecule has 120 valence electrons. The Morgan fingerprint density at radius 2 is 2.05 bits per heavy atom. The molecule has 2 aliphatic heterocycles. The standard InChI is InChI=1S/C16H28N2O2S/c1-11-8-17-16(21-11)6-5-12-9-18(10-13(12)7-16)14(19)20-15(2,3)4/h11-13,17H,5-10H2,1-4H3. The zero-order valence-electron chi connectivity index (χ0n) is 13.6. The van der Waals surface area contributed by atoms with E-state index in [1.165, 1.54) is 19.3 Å². The molecule has 3 aliphatic rings. The van der Waals surface area contributed by atoms with Crippen molar-refractivity contribution in [2.45, 2.75) is 62.7 Å². The predicted octanol–water partition coefficient (Wildman–Crippen LogP) is 3.07. The number of fused-ring (bicyclic) bond motifs is 1. The van der Waals surface area contributed by atoms with E-state index in [2.05, 4.69) is 24.0 Å².